The number of hydrogen-bond acceptors (Lipinski definition) is 6. The lowest BCUT2D eigenvalue weighted by molar-refractivity contribution is -0.256. The molecule has 1 aliphatic heterocycles. The van der Waals surface area contributed by atoms with Gasteiger partial charge in [0.05, 0.1) is 19.8 Å². The minimum atomic E-state index is -1.23. The highest BCUT2D eigenvalue weighted by molar-refractivity contribution is 5.14. The highest BCUT2D eigenvalue weighted by Gasteiger charge is 2.46. The molecule has 0 bridgehead atoms. The normalized spacial score (nSPS) is 27.1. The van der Waals surface area contributed by atoms with Crippen LogP contribution in [0.4, 0.5) is 0 Å². The van der Waals surface area contributed by atoms with Crippen molar-refractivity contribution in [1.29, 1.82) is 0 Å². The molecular weight excluding hydrogens is 362 g/mol. The zero-order valence-corrected chi connectivity index (χ0v) is 15.2. The van der Waals surface area contributed by atoms with Gasteiger partial charge in [-0.15, -0.1) is 0 Å². The highest BCUT2D eigenvalue weighted by Crippen LogP contribution is 2.28. The first-order valence-corrected chi connectivity index (χ1v) is 9.02. The van der Waals surface area contributed by atoms with Crippen LogP contribution in [0, 0.1) is 0 Å². The van der Waals surface area contributed by atoms with Gasteiger partial charge in [-0.05, 0) is 16.7 Å². The maximum atomic E-state index is 10.6. The molecule has 0 radical (unpaired) electrons. The van der Waals surface area contributed by atoms with E-state index in [9.17, 15) is 10.2 Å². The SMILES string of the molecule is [N-]=[N+]=NC1O[C@H](CO)[C@@H](OCc2ccccc2)[C@H](OCc2ccccc2)[C@H]1O. The molecule has 1 fully saturated rings. The molecule has 0 aromatic heterocycles. The molecule has 8 heteroatoms. The van der Waals surface area contributed by atoms with Gasteiger partial charge in [0, 0.05) is 4.91 Å². The van der Waals surface area contributed by atoms with Gasteiger partial charge in [-0.3, -0.25) is 0 Å². The number of hydrogen-bond donors (Lipinski definition) is 2. The van der Waals surface area contributed by atoms with E-state index in [1.165, 1.54) is 0 Å². The van der Waals surface area contributed by atoms with Crippen LogP contribution in [0.1, 0.15) is 11.1 Å². The number of aliphatic hydroxyl groups excluding tert-OH is 2. The van der Waals surface area contributed by atoms with E-state index in [1.54, 1.807) is 0 Å². The Bertz CT molecular complexity index is 770. The molecule has 1 unspecified atom stereocenters. The molecule has 2 N–H and O–H groups in total. The zero-order chi connectivity index (χ0) is 19.8. The standard InChI is InChI=1S/C20H23N3O5/c21-23-22-20-17(25)19(27-13-15-9-5-2-6-10-15)18(16(11-24)28-20)26-12-14-7-3-1-4-8-14/h1-10,16-20,24-25H,11-13H2/t16-,17-,18-,19-,20?/m1/s1. The smallest absolute Gasteiger partial charge is 0.165 e. The summed E-state index contributed by atoms with van der Waals surface area (Å²) in [6, 6.07) is 19.0. The van der Waals surface area contributed by atoms with E-state index in [-0.39, 0.29) is 19.8 Å². The Kier molecular flexibility index (Phi) is 7.39. The largest absolute Gasteiger partial charge is 0.394 e. The van der Waals surface area contributed by atoms with Gasteiger partial charge in [0.2, 0.25) is 0 Å². The van der Waals surface area contributed by atoms with Crippen molar-refractivity contribution in [2.45, 2.75) is 43.9 Å². The van der Waals surface area contributed by atoms with Crippen molar-refractivity contribution in [3.05, 3.63) is 82.2 Å². The zero-order valence-electron chi connectivity index (χ0n) is 15.2. The molecule has 5 atom stereocenters. The van der Waals surface area contributed by atoms with Crippen LogP contribution < -0.4 is 0 Å². The van der Waals surface area contributed by atoms with E-state index >= 15 is 0 Å². The minimum absolute atomic E-state index is 0.231. The van der Waals surface area contributed by atoms with Crippen molar-refractivity contribution < 1.29 is 24.4 Å². The first-order valence-electron chi connectivity index (χ1n) is 9.02. The van der Waals surface area contributed by atoms with Crippen LogP contribution in [0.3, 0.4) is 0 Å². The Hall–Kier alpha value is -2.45. The van der Waals surface area contributed by atoms with Gasteiger partial charge in [0.1, 0.15) is 24.4 Å². The maximum absolute atomic E-state index is 10.6. The minimum Gasteiger partial charge on any atom is -0.394 e. The molecule has 0 saturated carbocycles. The molecule has 2 aromatic rings. The van der Waals surface area contributed by atoms with Gasteiger partial charge < -0.3 is 24.4 Å². The van der Waals surface area contributed by atoms with Crippen molar-refractivity contribution >= 4 is 0 Å². The quantitative estimate of drug-likeness (QED) is 0.411. The summed E-state index contributed by atoms with van der Waals surface area (Å²) in [5.41, 5.74) is 10.6. The number of aliphatic hydroxyl groups is 2. The van der Waals surface area contributed by atoms with Crippen LogP contribution in [0.2, 0.25) is 0 Å². The molecule has 0 spiro atoms. The van der Waals surface area contributed by atoms with Crippen molar-refractivity contribution in [1.82, 2.24) is 0 Å². The number of benzene rings is 2. The predicted molar refractivity (Wildman–Crippen MR) is 101 cm³/mol. The summed E-state index contributed by atoms with van der Waals surface area (Å²) in [6.45, 7) is 0.124. The number of ether oxygens (including phenoxy) is 3. The first kappa shape index (κ1) is 20.3. The van der Waals surface area contributed by atoms with Gasteiger partial charge in [-0.25, -0.2) is 0 Å². The average Bonchev–Trinajstić information content (AvgIpc) is 2.74. The fourth-order valence-corrected chi connectivity index (χ4v) is 3.13. The predicted octanol–water partition coefficient (Wildman–Crippen LogP) is 2.55. The molecular formula is C20H23N3O5. The first-order chi connectivity index (χ1) is 13.7. The summed E-state index contributed by atoms with van der Waals surface area (Å²) < 4.78 is 17.5. The number of azide groups is 1. The van der Waals surface area contributed by atoms with Crippen molar-refractivity contribution in [3.8, 4) is 0 Å². The Balaban J connectivity index is 1.77. The molecule has 0 aliphatic carbocycles. The van der Waals surface area contributed by atoms with E-state index in [1.807, 2.05) is 60.7 Å². The summed E-state index contributed by atoms with van der Waals surface area (Å²) in [7, 11) is 0. The molecule has 148 valence electrons. The van der Waals surface area contributed by atoms with Crippen LogP contribution in [0.25, 0.3) is 10.4 Å². The lowest BCUT2D eigenvalue weighted by Gasteiger charge is -2.42. The number of rotatable bonds is 8. The van der Waals surface area contributed by atoms with E-state index in [0.717, 1.165) is 11.1 Å². The summed E-state index contributed by atoms with van der Waals surface area (Å²) in [6.07, 6.45) is -4.79. The van der Waals surface area contributed by atoms with Crippen LogP contribution in [-0.2, 0) is 27.4 Å². The molecule has 0 amide bonds. The van der Waals surface area contributed by atoms with Crippen LogP contribution in [0.15, 0.2) is 65.8 Å². The Morgan fingerprint density at radius 1 is 0.929 bits per heavy atom. The van der Waals surface area contributed by atoms with Gasteiger partial charge in [0.15, 0.2) is 6.23 Å². The monoisotopic (exact) mass is 385 g/mol. The Morgan fingerprint density at radius 2 is 1.46 bits per heavy atom. The van der Waals surface area contributed by atoms with Gasteiger partial charge in [-0.2, -0.15) is 0 Å². The van der Waals surface area contributed by atoms with E-state index in [4.69, 9.17) is 19.7 Å². The van der Waals surface area contributed by atoms with Crippen molar-refractivity contribution in [2.75, 3.05) is 6.61 Å². The molecule has 3 rings (SSSR count). The summed E-state index contributed by atoms with van der Waals surface area (Å²) in [5, 5.41) is 23.9. The lowest BCUT2D eigenvalue weighted by atomic mass is 9.97. The Morgan fingerprint density at radius 3 is 1.96 bits per heavy atom. The second-order valence-corrected chi connectivity index (χ2v) is 6.47. The van der Waals surface area contributed by atoms with Gasteiger partial charge >= 0.3 is 0 Å². The third-order valence-electron chi connectivity index (χ3n) is 4.55. The molecule has 1 saturated heterocycles. The fraction of sp³-hybridized carbons (Fsp3) is 0.400. The van der Waals surface area contributed by atoms with Crippen LogP contribution >= 0.6 is 0 Å². The maximum Gasteiger partial charge on any atom is 0.165 e. The average molecular weight is 385 g/mol. The van der Waals surface area contributed by atoms with Gasteiger partial charge in [-0.1, -0.05) is 65.8 Å². The van der Waals surface area contributed by atoms with E-state index in [2.05, 4.69) is 10.0 Å². The molecule has 2 aromatic carbocycles. The molecule has 1 aliphatic rings. The van der Waals surface area contributed by atoms with E-state index < -0.39 is 30.6 Å². The Labute approximate surface area is 162 Å². The second-order valence-electron chi connectivity index (χ2n) is 6.47. The van der Waals surface area contributed by atoms with Crippen molar-refractivity contribution in [3.63, 3.8) is 0 Å². The summed E-state index contributed by atoms with van der Waals surface area (Å²) in [4.78, 5) is 2.71. The lowest BCUT2D eigenvalue weighted by Crippen LogP contribution is -2.59. The fourth-order valence-electron chi connectivity index (χ4n) is 3.13. The van der Waals surface area contributed by atoms with Crippen LogP contribution in [-0.4, -0.2) is 47.5 Å². The number of nitrogens with zero attached hydrogens (tertiary/aromatic N) is 3. The van der Waals surface area contributed by atoms with Gasteiger partial charge in [0.25, 0.3) is 0 Å². The third kappa shape index (κ3) is 5.08. The summed E-state index contributed by atoms with van der Waals surface area (Å²) in [5.74, 6) is 0. The molecule has 8 nitrogen and oxygen atoms in total. The topological polar surface area (TPSA) is 117 Å². The van der Waals surface area contributed by atoms with E-state index in [0.29, 0.717) is 0 Å². The third-order valence-corrected chi connectivity index (χ3v) is 4.55. The molecule has 1 heterocycles. The van der Waals surface area contributed by atoms with Crippen LogP contribution in [0.5, 0.6) is 0 Å². The summed E-state index contributed by atoms with van der Waals surface area (Å²) >= 11 is 0. The molecule has 28 heavy (non-hydrogen) atoms. The van der Waals surface area contributed by atoms with Crippen molar-refractivity contribution in [2.24, 2.45) is 5.11 Å². The highest BCUT2D eigenvalue weighted by atomic mass is 16.6. The second kappa shape index (κ2) is 10.2.